The van der Waals surface area contributed by atoms with Crippen LogP contribution in [0.4, 0.5) is 8.78 Å². The third-order valence-corrected chi connectivity index (χ3v) is 6.76. The van der Waals surface area contributed by atoms with Crippen molar-refractivity contribution >= 4 is 10.8 Å². The van der Waals surface area contributed by atoms with Crippen LogP contribution in [0.15, 0.2) is 47.3 Å². The second-order valence-electron chi connectivity index (χ2n) is 8.50. The van der Waals surface area contributed by atoms with E-state index in [1.165, 1.54) is 32.4 Å². The standard InChI is InChI=1S/C27H21F2NO5/c1-32-21-7-6-15-17(11-18-19(28)4-3-5-20(18)29)25-16-12-23-22(34-13-35-23)10-14(16)8-9-30(25)27(31)24(15)26(21)33-2/h3-7,10,12H,8-9,11,13H2,1-2H3. The molecule has 35 heavy (non-hydrogen) atoms. The van der Waals surface area contributed by atoms with Gasteiger partial charge < -0.3 is 23.5 Å². The predicted molar refractivity (Wildman–Crippen MR) is 126 cm³/mol. The molecular formula is C27H21F2NO5. The Balaban J connectivity index is 1.73. The van der Waals surface area contributed by atoms with Crippen LogP contribution in [0.5, 0.6) is 23.0 Å². The van der Waals surface area contributed by atoms with E-state index in [0.717, 1.165) is 11.1 Å². The SMILES string of the molecule is COc1ccc2c(Cc3c(F)cccc3F)c3n(c(=O)c2c1OC)CCc1cc2c(cc1-3)OCO2. The zero-order chi connectivity index (χ0) is 24.3. The fourth-order valence-corrected chi connectivity index (χ4v) is 5.14. The summed E-state index contributed by atoms with van der Waals surface area (Å²) in [6.07, 6.45) is 0.526. The van der Waals surface area contributed by atoms with Gasteiger partial charge in [-0.05, 0) is 59.3 Å². The number of fused-ring (bicyclic) bond motifs is 5. The van der Waals surface area contributed by atoms with Crippen LogP contribution < -0.4 is 24.5 Å². The molecule has 3 aromatic carbocycles. The molecule has 0 fully saturated rings. The molecule has 0 saturated heterocycles. The lowest BCUT2D eigenvalue weighted by atomic mass is 9.88. The van der Waals surface area contributed by atoms with Crippen molar-refractivity contribution < 1.29 is 27.7 Å². The van der Waals surface area contributed by atoms with Gasteiger partial charge in [-0.25, -0.2) is 8.78 Å². The topological polar surface area (TPSA) is 58.9 Å². The normalized spacial score (nSPS) is 13.5. The van der Waals surface area contributed by atoms with Crippen molar-refractivity contribution in [2.45, 2.75) is 19.4 Å². The number of halogens is 2. The summed E-state index contributed by atoms with van der Waals surface area (Å²) in [6, 6.07) is 11.0. The quantitative estimate of drug-likeness (QED) is 0.421. The second-order valence-corrected chi connectivity index (χ2v) is 8.50. The lowest BCUT2D eigenvalue weighted by Crippen LogP contribution is -2.28. The predicted octanol–water partition coefficient (Wildman–Crippen LogP) is 4.84. The number of rotatable bonds is 4. The van der Waals surface area contributed by atoms with Crippen molar-refractivity contribution in [1.29, 1.82) is 0 Å². The number of aryl methyl sites for hydroxylation is 1. The third kappa shape index (κ3) is 3.16. The molecule has 3 heterocycles. The van der Waals surface area contributed by atoms with Crippen LogP contribution in [0.3, 0.4) is 0 Å². The van der Waals surface area contributed by atoms with Crippen molar-refractivity contribution in [2.75, 3.05) is 21.0 Å². The van der Waals surface area contributed by atoms with E-state index in [4.69, 9.17) is 18.9 Å². The van der Waals surface area contributed by atoms with E-state index < -0.39 is 11.6 Å². The van der Waals surface area contributed by atoms with E-state index in [0.29, 0.717) is 52.2 Å². The number of benzene rings is 3. The molecule has 178 valence electrons. The van der Waals surface area contributed by atoms with Gasteiger partial charge in [-0.1, -0.05) is 6.07 Å². The van der Waals surface area contributed by atoms with Crippen molar-refractivity contribution in [3.8, 4) is 34.3 Å². The second kappa shape index (κ2) is 8.01. The van der Waals surface area contributed by atoms with Crippen LogP contribution >= 0.6 is 0 Å². The summed E-state index contributed by atoms with van der Waals surface area (Å²) < 4.78 is 53.4. The molecule has 0 atom stereocenters. The van der Waals surface area contributed by atoms with Gasteiger partial charge in [0, 0.05) is 24.1 Å². The summed E-state index contributed by atoms with van der Waals surface area (Å²) >= 11 is 0. The monoisotopic (exact) mass is 477 g/mol. The van der Waals surface area contributed by atoms with E-state index in [1.54, 1.807) is 16.7 Å². The Bertz CT molecular complexity index is 1560. The molecular weight excluding hydrogens is 456 g/mol. The Morgan fingerprint density at radius 2 is 1.71 bits per heavy atom. The highest BCUT2D eigenvalue weighted by molar-refractivity contribution is 5.96. The Kier molecular flexibility index (Phi) is 4.91. The third-order valence-electron chi connectivity index (χ3n) is 6.76. The molecule has 0 aliphatic carbocycles. The summed E-state index contributed by atoms with van der Waals surface area (Å²) in [6.45, 7) is 0.511. The zero-order valence-corrected chi connectivity index (χ0v) is 19.1. The summed E-state index contributed by atoms with van der Waals surface area (Å²) in [4.78, 5) is 13.8. The van der Waals surface area contributed by atoms with Crippen LogP contribution in [0, 0.1) is 11.6 Å². The van der Waals surface area contributed by atoms with Crippen LogP contribution in [0.25, 0.3) is 22.0 Å². The molecule has 0 unspecified atom stereocenters. The minimum absolute atomic E-state index is 0.0615. The van der Waals surface area contributed by atoms with E-state index in [2.05, 4.69) is 0 Å². The molecule has 6 nitrogen and oxygen atoms in total. The first kappa shape index (κ1) is 21.5. The van der Waals surface area contributed by atoms with Gasteiger partial charge in [-0.2, -0.15) is 0 Å². The molecule has 0 radical (unpaired) electrons. The smallest absolute Gasteiger partial charge is 0.262 e. The minimum Gasteiger partial charge on any atom is -0.493 e. The Hall–Kier alpha value is -4.07. The number of methoxy groups -OCH3 is 2. The van der Waals surface area contributed by atoms with E-state index in [1.807, 2.05) is 12.1 Å². The molecule has 4 aromatic rings. The highest BCUT2D eigenvalue weighted by Crippen LogP contribution is 2.45. The van der Waals surface area contributed by atoms with Crippen LogP contribution in [0.2, 0.25) is 0 Å². The molecule has 0 amide bonds. The van der Waals surface area contributed by atoms with E-state index in [-0.39, 0.29) is 30.1 Å². The van der Waals surface area contributed by atoms with Crippen molar-refractivity contribution in [3.05, 3.63) is 81.1 Å². The molecule has 2 aliphatic heterocycles. The van der Waals surface area contributed by atoms with Gasteiger partial charge in [0.05, 0.1) is 25.3 Å². The van der Waals surface area contributed by atoms with Gasteiger partial charge >= 0.3 is 0 Å². The molecule has 2 aliphatic rings. The number of aromatic nitrogens is 1. The molecule has 0 N–H and O–H groups in total. The molecule has 8 heteroatoms. The Morgan fingerprint density at radius 1 is 0.971 bits per heavy atom. The molecule has 0 spiro atoms. The first-order chi connectivity index (χ1) is 17.0. The first-order valence-corrected chi connectivity index (χ1v) is 11.2. The average molecular weight is 477 g/mol. The van der Waals surface area contributed by atoms with Crippen molar-refractivity contribution in [3.63, 3.8) is 0 Å². The maximum atomic E-state index is 14.8. The number of hydrogen-bond donors (Lipinski definition) is 0. The van der Waals surface area contributed by atoms with Gasteiger partial charge in [0.2, 0.25) is 6.79 Å². The summed E-state index contributed by atoms with van der Waals surface area (Å²) in [7, 11) is 2.96. The maximum Gasteiger partial charge on any atom is 0.262 e. The minimum atomic E-state index is -0.648. The van der Waals surface area contributed by atoms with Gasteiger partial charge in [0.15, 0.2) is 23.0 Å². The number of nitrogens with zero attached hydrogens (tertiary/aromatic N) is 1. The van der Waals surface area contributed by atoms with Crippen LogP contribution in [0.1, 0.15) is 16.7 Å². The lowest BCUT2D eigenvalue weighted by molar-refractivity contribution is 0.174. The number of hydrogen-bond acceptors (Lipinski definition) is 5. The van der Waals surface area contributed by atoms with Crippen molar-refractivity contribution in [2.24, 2.45) is 0 Å². The van der Waals surface area contributed by atoms with E-state index >= 15 is 0 Å². The van der Waals surface area contributed by atoms with Gasteiger partial charge in [0.25, 0.3) is 5.56 Å². The lowest BCUT2D eigenvalue weighted by Gasteiger charge is -2.27. The van der Waals surface area contributed by atoms with Crippen LogP contribution in [-0.2, 0) is 19.4 Å². The summed E-state index contributed by atoms with van der Waals surface area (Å²) in [5.41, 5.74) is 2.65. The zero-order valence-electron chi connectivity index (χ0n) is 19.1. The van der Waals surface area contributed by atoms with Gasteiger partial charge in [-0.3, -0.25) is 4.79 Å². The fraction of sp³-hybridized carbons (Fsp3) is 0.222. The summed E-state index contributed by atoms with van der Waals surface area (Å²) in [5, 5.41) is 0.860. The summed E-state index contributed by atoms with van der Waals surface area (Å²) in [5.74, 6) is 0.612. The highest BCUT2D eigenvalue weighted by atomic mass is 19.1. The first-order valence-electron chi connectivity index (χ1n) is 11.2. The average Bonchev–Trinajstić information content (AvgIpc) is 3.33. The van der Waals surface area contributed by atoms with E-state index in [9.17, 15) is 13.6 Å². The molecule has 1 aromatic heterocycles. The Labute approximate surface area is 199 Å². The molecule has 0 saturated carbocycles. The fourth-order valence-electron chi connectivity index (χ4n) is 5.14. The number of ether oxygens (including phenoxy) is 4. The largest absolute Gasteiger partial charge is 0.493 e. The number of pyridine rings is 1. The Morgan fingerprint density at radius 3 is 2.43 bits per heavy atom. The van der Waals surface area contributed by atoms with Gasteiger partial charge in [-0.15, -0.1) is 0 Å². The molecule has 6 rings (SSSR count). The highest BCUT2D eigenvalue weighted by Gasteiger charge is 2.29. The van der Waals surface area contributed by atoms with Crippen LogP contribution in [-0.4, -0.2) is 25.6 Å². The maximum absolute atomic E-state index is 14.8. The van der Waals surface area contributed by atoms with Gasteiger partial charge in [0.1, 0.15) is 11.6 Å². The molecule has 0 bridgehead atoms. The van der Waals surface area contributed by atoms with Crippen molar-refractivity contribution in [1.82, 2.24) is 4.57 Å².